The Bertz CT molecular complexity index is 723. The van der Waals surface area contributed by atoms with E-state index in [4.69, 9.17) is 9.88 Å². The zero-order valence-electron chi connectivity index (χ0n) is 12.8. The molecule has 23 heavy (non-hydrogen) atoms. The second kappa shape index (κ2) is 7.55. The SMILES string of the molecule is CCN(CCN1CCOCC1)S(=O)(=O)c1ccc(S(N)(=O)=O)s1. The molecule has 1 aliphatic rings. The molecule has 1 fully saturated rings. The Balaban J connectivity index is 2.10. The summed E-state index contributed by atoms with van der Waals surface area (Å²) in [6.07, 6.45) is 0. The van der Waals surface area contributed by atoms with Gasteiger partial charge in [0, 0.05) is 32.7 Å². The Labute approximate surface area is 140 Å². The van der Waals surface area contributed by atoms with Crippen LogP contribution < -0.4 is 5.14 Å². The maximum absolute atomic E-state index is 12.6. The van der Waals surface area contributed by atoms with Gasteiger partial charge in [-0.25, -0.2) is 22.0 Å². The average molecular weight is 384 g/mol. The van der Waals surface area contributed by atoms with Gasteiger partial charge in [0.15, 0.2) is 0 Å². The van der Waals surface area contributed by atoms with E-state index < -0.39 is 20.0 Å². The third kappa shape index (κ3) is 4.72. The van der Waals surface area contributed by atoms with Crippen LogP contribution in [0, 0.1) is 0 Å². The standard InChI is InChI=1S/C12H21N3O5S3/c1-2-15(6-5-14-7-9-20-10-8-14)23(18,19)12-4-3-11(21-12)22(13,16)17/h3-4H,2,5-10H2,1H3,(H2,13,16,17). The number of rotatable bonds is 7. The summed E-state index contributed by atoms with van der Waals surface area (Å²) >= 11 is 0.676. The van der Waals surface area contributed by atoms with Crippen molar-refractivity contribution < 1.29 is 21.6 Å². The third-order valence-corrected chi connectivity index (χ3v) is 8.52. The molecule has 0 spiro atoms. The molecule has 1 aromatic rings. The lowest BCUT2D eigenvalue weighted by Gasteiger charge is -2.29. The van der Waals surface area contributed by atoms with E-state index in [1.165, 1.54) is 16.4 Å². The van der Waals surface area contributed by atoms with Crippen molar-refractivity contribution in [2.45, 2.75) is 15.3 Å². The highest BCUT2D eigenvalue weighted by molar-refractivity contribution is 7.93. The summed E-state index contributed by atoms with van der Waals surface area (Å²) < 4.78 is 54.3. The van der Waals surface area contributed by atoms with E-state index >= 15 is 0 Å². The number of primary sulfonamides is 1. The van der Waals surface area contributed by atoms with Crippen molar-refractivity contribution in [2.24, 2.45) is 5.14 Å². The van der Waals surface area contributed by atoms with Gasteiger partial charge in [-0.15, -0.1) is 11.3 Å². The number of hydrogen-bond acceptors (Lipinski definition) is 7. The van der Waals surface area contributed by atoms with Crippen LogP contribution in [0.1, 0.15) is 6.92 Å². The molecule has 2 N–H and O–H groups in total. The lowest BCUT2D eigenvalue weighted by Crippen LogP contribution is -2.42. The first kappa shape index (κ1) is 18.8. The van der Waals surface area contributed by atoms with E-state index in [0.717, 1.165) is 13.1 Å². The van der Waals surface area contributed by atoms with Gasteiger partial charge in [0.1, 0.15) is 8.42 Å². The number of likely N-dealkylation sites (N-methyl/N-ethyl adjacent to an activating group) is 1. The molecule has 1 aliphatic heterocycles. The highest BCUT2D eigenvalue weighted by atomic mass is 32.3. The molecule has 0 aliphatic carbocycles. The number of nitrogens with zero attached hydrogens (tertiary/aromatic N) is 2. The van der Waals surface area contributed by atoms with Gasteiger partial charge in [-0.2, -0.15) is 4.31 Å². The first-order valence-corrected chi connectivity index (χ1v) is 11.0. The first-order valence-electron chi connectivity index (χ1n) is 7.18. The fourth-order valence-corrected chi connectivity index (χ4v) is 6.03. The summed E-state index contributed by atoms with van der Waals surface area (Å²) in [6.45, 7) is 5.91. The van der Waals surface area contributed by atoms with Crippen LogP contribution in [0.5, 0.6) is 0 Å². The van der Waals surface area contributed by atoms with Crippen molar-refractivity contribution >= 4 is 31.4 Å². The fourth-order valence-electron chi connectivity index (χ4n) is 2.25. The largest absolute Gasteiger partial charge is 0.379 e. The molecule has 2 heterocycles. The molecule has 0 saturated carbocycles. The van der Waals surface area contributed by atoms with Crippen LogP contribution >= 0.6 is 11.3 Å². The fraction of sp³-hybridized carbons (Fsp3) is 0.667. The number of morpholine rings is 1. The van der Waals surface area contributed by atoms with E-state index in [2.05, 4.69) is 4.90 Å². The molecule has 0 bridgehead atoms. The monoisotopic (exact) mass is 383 g/mol. The molecule has 0 unspecified atom stereocenters. The summed E-state index contributed by atoms with van der Waals surface area (Å²) in [7, 11) is -7.61. The molecule has 1 saturated heterocycles. The van der Waals surface area contributed by atoms with Gasteiger partial charge in [-0.1, -0.05) is 6.92 Å². The van der Waals surface area contributed by atoms with Crippen molar-refractivity contribution in [1.82, 2.24) is 9.21 Å². The molecular weight excluding hydrogens is 362 g/mol. The van der Waals surface area contributed by atoms with Crippen molar-refractivity contribution in [1.29, 1.82) is 0 Å². The topological polar surface area (TPSA) is 110 Å². The number of nitrogens with two attached hydrogens (primary N) is 1. The molecule has 1 aromatic heterocycles. The summed E-state index contributed by atoms with van der Waals surface area (Å²) in [5.74, 6) is 0. The van der Waals surface area contributed by atoms with Crippen molar-refractivity contribution in [3.05, 3.63) is 12.1 Å². The van der Waals surface area contributed by atoms with Crippen molar-refractivity contribution in [3.63, 3.8) is 0 Å². The highest BCUT2D eigenvalue weighted by Crippen LogP contribution is 2.27. The molecule has 0 atom stereocenters. The molecule has 8 nitrogen and oxygen atoms in total. The van der Waals surface area contributed by atoms with Crippen LogP contribution in [-0.4, -0.2) is 72.0 Å². The van der Waals surface area contributed by atoms with Gasteiger partial charge in [0.25, 0.3) is 10.0 Å². The van der Waals surface area contributed by atoms with Crippen molar-refractivity contribution in [2.75, 3.05) is 45.9 Å². The predicted molar refractivity (Wildman–Crippen MR) is 87.4 cm³/mol. The summed E-state index contributed by atoms with van der Waals surface area (Å²) in [5.41, 5.74) is 0. The van der Waals surface area contributed by atoms with Gasteiger partial charge in [0.05, 0.1) is 13.2 Å². The number of ether oxygens (including phenoxy) is 1. The Kier molecular flexibility index (Phi) is 6.16. The second-order valence-electron chi connectivity index (χ2n) is 5.07. The van der Waals surface area contributed by atoms with Gasteiger partial charge in [0.2, 0.25) is 10.0 Å². The molecule has 11 heteroatoms. The van der Waals surface area contributed by atoms with E-state index in [1.54, 1.807) is 6.92 Å². The number of sulfonamides is 2. The van der Waals surface area contributed by atoms with Gasteiger partial charge >= 0.3 is 0 Å². The number of thiophene rings is 1. The summed E-state index contributed by atoms with van der Waals surface area (Å²) in [6, 6.07) is 2.51. The third-order valence-electron chi connectivity index (χ3n) is 3.55. The number of hydrogen-bond donors (Lipinski definition) is 1. The molecule has 132 valence electrons. The van der Waals surface area contributed by atoms with Crippen LogP contribution in [0.15, 0.2) is 20.6 Å². The zero-order valence-corrected chi connectivity index (χ0v) is 15.3. The smallest absolute Gasteiger partial charge is 0.252 e. The average Bonchev–Trinajstić information content (AvgIpc) is 2.99. The lowest BCUT2D eigenvalue weighted by molar-refractivity contribution is 0.0364. The Hall–Kier alpha value is -0.560. The van der Waals surface area contributed by atoms with E-state index in [-0.39, 0.29) is 8.42 Å². The molecule has 0 aromatic carbocycles. The van der Waals surface area contributed by atoms with Crippen LogP contribution in [0.25, 0.3) is 0 Å². The Morgan fingerprint density at radius 3 is 2.35 bits per heavy atom. The predicted octanol–water partition coefficient (Wildman–Crippen LogP) is -0.262. The van der Waals surface area contributed by atoms with Crippen LogP contribution in [0.3, 0.4) is 0 Å². The van der Waals surface area contributed by atoms with Crippen molar-refractivity contribution in [3.8, 4) is 0 Å². The summed E-state index contributed by atoms with van der Waals surface area (Å²) in [4.78, 5) is 2.14. The quantitative estimate of drug-likeness (QED) is 0.694. The van der Waals surface area contributed by atoms with Crippen LogP contribution in [-0.2, 0) is 24.8 Å². The molecule has 0 amide bonds. The second-order valence-corrected chi connectivity index (χ2v) is 10.1. The van der Waals surface area contributed by atoms with Crippen LogP contribution in [0.2, 0.25) is 0 Å². The minimum absolute atomic E-state index is 0.00893. The Morgan fingerprint density at radius 1 is 1.22 bits per heavy atom. The van der Waals surface area contributed by atoms with Gasteiger partial charge in [-0.3, -0.25) is 4.90 Å². The maximum atomic E-state index is 12.6. The van der Waals surface area contributed by atoms with Crippen LogP contribution in [0.4, 0.5) is 0 Å². The molecule has 2 rings (SSSR count). The minimum atomic E-state index is -3.89. The normalized spacial score (nSPS) is 17.7. The van der Waals surface area contributed by atoms with E-state index in [1.807, 2.05) is 0 Å². The lowest BCUT2D eigenvalue weighted by atomic mass is 10.4. The van der Waals surface area contributed by atoms with Gasteiger partial charge in [-0.05, 0) is 12.1 Å². The van der Waals surface area contributed by atoms with E-state index in [9.17, 15) is 16.8 Å². The Morgan fingerprint density at radius 2 is 1.83 bits per heavy atom. The maximum Gasteiger partial charge on any atom is 0.252 e. The van der Waals surface area contributed by atoms with Gasteiger partial charge < -0.3 is 4.74 Å². The van der Waals surface area contributed by atoms with E-state index in [0.29, 0.717) is 44.2 Å². The zero-order chi connectivity index (χ0) is 17.1. The molecular formula is C12H21N3O5S3. The molecule has 0 radical (unpaired) electrons. The minimum Gasteiger partial charge on any atom is -0.379 e. The highest BCUT2D eigenvalue weighted by Gasteiger charge is 2.27. The first-order chi connectivity index (χ1) is 10.7. The summed E-state index contributed by atoms with van der Waals surface area (Å²) in [5, 5.41) is 5.03.